The molecule has 0 aliphatic carbocycles. The van der Waals surface area contributed by atoms with Crippen molar-refractivity contribution < 1.29 is 23.6 Å². The minimum absolute atomic E-state index is 0.129. The molecule has 0 aromatic heterocycles. The van der Waals surface area contributed by atoms with E-state index in [4.69, 9.17) is 9.57 Å². The third kappa shape index (κ3) is 2.53. The van der Waals surface area contributed by atoms with Crippen LogP contribution in [0.25, 0.3) is 5.70 Å². The molecule has 1 saturated heterocycles. The molecule has 26 heavy (non-hydrogen) atoms. The number of carbonyl (C=O) groups excluding carboxylic acids is 2. The van der Waals surface area contributed by atoms with Crippen LogP contribution in [0.2, 0.25) is 0 Å². The van der Waals surface area contributed by atoms with E-state index in [1.54, 1.807) is 25.3 Å². The van der Waals surface area contributed by atoms with E-state index >= 15 is 0 Å². The predicted octanol–water partition coefficient (Wildman–Crippen LogP) is 2.41. The van der Waals surface area contributed by atoms with Gasteiger partial charge >= 0.3 is 0 Å². The van der Waals surface area contributed by atoms with Gasteiger partial charge in [0, 0.05) is 0 Å². The molecule has 2 aliphatic heterocycles. The largest absolute Gasteiger partial charge is 0.497 e. The first-order chi connectivity index (χ1) is 12.5. The molecule has 1 spiro atoms. The van der Waals surface area contributed by atoms with Crippen LogP contribution >= 0.6 is 0 Å². The molecule has 2 aliphatic rings. The number of carbonyl (C=O) groups is 2. The summed E-state index contributed by atoms with van der Waals surface area (Å²) in [5.74, 6) is -0.652. The number of hydrogen-bond donors (Lipinski definition) is 1. The summed E-state index contributed by atoms with van der Waals surface area (Å²) in [5.41, 5.74) is 3.03. The molecular formula is C19H15FN2O4. The zero-order valence-corrected chi connectivity index (χ0v) is 13.9. The van der Waals surface area contributed by atoms with Crippen molar-refractivity contribution in [1.82, 2.24) is 5.48 Å². The number of nitrogens with one attached hydrogen (secondary N) is 1. The number of methoxy groups -OCH3 is 1. The monoisotopic (exact) mass is 354 g/mol. The summed E-state index contributed by atoms with van der Waals surface area (Å²) < 4.78 is 18.2. The smallest absolute Gasteiger partial charge is 0.273 e. The highest BCUT2D eigenvalue weighted by molar-refractivity contribution is 6.25. The van der Waals surface area contributed by atoms with Gasteiger partial charge in [-0.25, -0.2) is 9.29 Å². The van der Waals surface area contributed by atoms with Gasteiger partial charge in [0.05, 0.1) is 24.9 Å². The summed E-state index contributed by atoms with van der Waals surface area (Å²) in [7, 11) is 1.58. The highest BCUT2D eigenvalue weighted by Crippen LogP contribution is 2.38. The van der Waals surface area contributed by atoms with Crippen LogP contribution in [-0.2, 0) is 14.4 Å². The van der Waals surface area contributed by atoms with Crippen molar-refractivity contribution in [3.05, 3.63) is 66.0 Å². The highest BCUT2D eigenvalue weighted by Gasteiger charge is 2.55. The normalized spacial score (nSPS) is 21.9. The van der Waals surface area contributed by atoms with E-state index in [0.29, 0.717) is 17.1 Å². The summed E-state index contributed by atoms with van der Waals surface area (Å²) in [6.07, 6.45) is 1.48. The summed E-state index contributed by atoms with van der Waals surface area (Å²) in [6.45, 7) is 0. The average molecular weight is 354 g/mol. The van der Waals surface area contributed by atoms with Gasteiger partial charge in [-0.2, -0.15) is 0 Å². The maximum absolute atomic E-state index is 13.1. The summed E-state index contributed by atoms with van der Waals surface area (Å²) in [6, 6.07) is 12.4. The maximum atomic E-state index is 13.1. The van der Waals surface area contributed by atoms with Crippen LogP contribution in [0.4, 0.5) is 10.1 Å². The molecule has 4 rings (SSSR count). The fourth-order valence-corrected chi connectivity index (χ4v) is 3.08. The number of anilines is 1. The van der Waals surface area contributed by atoms with E-state index in [0.717, 1.165) is 10.5 Å². The number of ether oxygens (including phenoxy) is 1. The number of halogens is 1. The first-order valence-electron chi connectivity index (χ1n) is 7.97. The Kier molecular flexibility index (Phi) is 3.73. The lowest BCUT2D eigenvalue weighted by atomic mass is 9.99. The molecule has 1 atom stereocenters. The number of benzene rings is 2. The summed E-state index contributed by atoms with van der Waals surface area (Å²) in [5, 5.41) is 0. The Morgan fingerprint density at radius 2 is 1.81 bits per heavy atom. The molecule has 2 aromatic carbocycles. The molecular weight excluding hydrogens is 339 g/mol. The van der Waals surface area contributed by atoms with E-state index < -0.39 is 23.2 Å². The molecule has 2 aromatic rings. The molecule has 2 heterocycles. The lowest BCUT2D eigenvalue weighted by Gasteiger charge is -2.18. The third-order valence-electron chi connectivity index (χ3n) is 4.43. The number of imide groups is 1. The molecule has 0 bridgehead atoms. The fraction of sp³-hybridized carbons (Fsp3) is 0.158. The van der Waals surface area contributed by atoms with Crippen molar-refractivity contribution in [2.45, 2.75) is 12.0 Å². The lowest BCUT2D eigenvalue weighted by molar-refractivity contribution is -0.136. The van der Waals surface area contributed by atoms with Crippen LogP contribution in [-0.4, -0.2) is 24.5 Å². The molecule has 0 saturated carbocycles. The van der Waals surface area contributed by atoms with Gasteiger partial charge in [0.1, 0.15) is 11.6 Å². The Hall–Kier alpha value is -3.19. The van der Waals surface area contributed by atoms with Crippen molar-refractivity contribution in [3.63, 3.8) is 0 Å². The number of hydroxylamine groups is 1. The van der Waals surface area contributed by atoms with Crippen LogP contribution in [0, 0.1) is 5.82 Å². The molecule has 132 valence electrons. The van der Waals surface area contributed by atoms with Gasteiger partial charge in [-0.1, -0.05) is 0 Å². The van der Waals surface area contributed by atoms with Crippen LogP contribution < -0.4 is 15.1 Å². The Labute approximate surface area is 148 Å². The summed E-state index contributed by atoms with van der Waals surface area (Å²) >= 11 is 0. The maximum Gasteiger partial charge on any atom is 0.273 e. The van der Waals surface area contributed by atoms with E-state index in [9.17, 15) is 14.0 Å². The number of nitrogens with zero attached hydrogens (tertiary/aromatic N) is 1. The van der Waals surface area contributed by atoms with Crippen molar-refractivity contribution in [3.8, 4) is 5.75 Å². The van der Waals surface area contributed by atoms with E-state index in [2.05, 4.69) is 5.48 Å². The molecule has 2 amide bonds. The van der Waals surface area contributed by atoms with E-state index in [1.807, 2.05) is 12.1 Å². The standard InChI is InChI=1S/C19H15FN2O4/c1-25-15-8-2-12(3-9-15)16-10-19(26-21-16)11-17(23)22(18(19)24)14-6-4-13(20)5-7-14/h2-10,21H,11H2,1H3/t19-/m1/s1. The highest BCUT2D eigenvalue weighted by atomic mass is 19.1. The van der Waals surface area contributed by atoms with Crippen LogP contribution in [0.1, 0.15) is 12.0 Å². The second-order valence-electron chi connectivity index (χ2n) is 6.07. The van der Waals surface area contributed by atoms with Gasteiger partial charge in [-0.05, 0) is 60.2 Å². The minimum Gasteiger partial charge on any atom is -0.497 e. The average Bonchev–Trinajstić information content (AvgIpc) is 3.18. The lowest BCUT2D eigenvalue weighted by Crippen LogP contribution is -2.40. The number of amides is 2. The van der Waals surface area contributed by atoms with E-state index in [1.165, 1.54) is 24.3 Å². The van der Waals surface area contributed by atoms with Gasteiger partial charge in [0.15, 0.2) is 0 Å². The Morgan fingerprint density at radius 1 is 1.12 bits per heavy atom. The topological polar surface area (TPSA) is 67.9 Å². The van der Waals surface area contributed by atoms with Crippen LogP contribution in [0.3, 0.4) is 0 Å². The molecule has 1 fully saturated rings. The van der Waals surface area contributed by atoms with Crippen molar-refractivity contribution >= 4 is 23.2 Å². The first kappa shape index (κ1) is 16.3. The van der Waals surface area contributed by atoms with Gasteiger partial charge < -0.3 is 4.74 Å². The number of rotatable bonds is 3. The Balaban J connectivity index is 1.65. The molecule has 0 radical (unpaired) electrons. The first-order valence-corrected chi connectivity index (χ1v) is 7.97. The molecule has 1 N–H and O–H groups in total. The number of hydrogen-bond acceptors (Lipinski definition) is 5. The zero-order chi connectivity index (χ0) is 18.3. The molecule has 0 unspecified atom stereocenters. The van der Waals surface area contributed by atoms with Crippen molar-refractivity contribution in [2.24, 2.45) is 0 Å². The van der Waals surface area contributed by atoms with Crippen LogP contribution in [0.15, 0.2) is 54.6 Å². The van der Waals surface area contributed by atoms with E-state index in [-0.39, 0.29) is 6.42 Å². The zero-order valence-electron chi connectivity index (χ0n) is 13.9. The van der Waals surface area contributed by atoms with Crippen LogP contribution in [0.5, 0.6) is 5.75 Å². The third-order valence-corrected chi connectivity index (χ3v) is 4.43. The second-order valence-corrected chi connectivity index (χ2v) is 6.07. The molecule has 7 heteroatoms. The Morgan fingerprint density at radius 3 is 2.46 bits per heavy atom. The van der Waals surface area contributed by atoms with Gasteiger partial charge in [0.25, 0.3) is 5.91 Å². The Bertz CT molecular complexity index is 908. The quantitative estimate of drug-likeness (QED) is 0.858. The minimum atomic E-state index is -1.40. The predicted molar refractivity (Wildman–Crippen MR) is 91.4 cm³/mol. The van der Waals surface area contributed by atoms with Gasteiger partial charge in [-0.15, -0.1) is 0 Å². The summed E-state index contributed by atoms with van der Waals surface area (Å²) in [4.78, 5) is 31.8. The van der Waals surface area contributed by atoms with Crippen molar-refractivity contribution in [1.29, 1.82) is 0 Å². The fourth-order valence-electron chi connectivity index (χ4n) is 3.08. The van der Waals surface area contributed by atoms with Crippen molar-refractivity contribution in [2.75, 3.05) is 12.0 Å². The second kappa shape index (κ2) is 5.96. The molecule has 6 nitrogen and oxygen atoms in total. The van der Waals surface area contributed by atoms with Gasteiger partial charge in [0.2, 0.25) is 11.5 Å². The SMILES string of the molecule is COc1ccc(C2=C[C@]3(CC(=O)N(c4ccc(F)cc4)C3=O)ON2)cc1. The van der Waals surface area contributed by atoms with Gasteiger partial charge in [-0.3, -0.25) is 19.9 Å².